The normalized spacial score (nSPS) is 9.15. The average molecular weight is 1740 g/mol. The first-order valence-electron chi connectivity index (χ1n) is 45.4. The van der Waals surface area contributed by atoms with Gasteiger partial charge in [-0.05, 0) is 244 Å². The van der Waals surface area contributed by atoms with Crippen molar-refractivity contribution in [3.8, 4) is 0 Å². The summed E-state index contributed by atoms with van der Waals surface area (Å²) in [5, 5.41) is 11.3. The van der Waals surface area contributed by atoms with Crippen LogP contribution in [0, 0.1) is 69.2 Å². The van der Waals surface area contributed by atoms with Gasteiger partial charge in [0.05, 0.1) is 62.2 Å². The van der Waals surface area contributed by atoms with E-state index >= 15 is 0 Å². The van der Waals surface area contributed by atoms with Gasteiger partial charge in [0.25, 0.3) is 0 Å². The molecule has 20 aromatic rings. The number of pyridine rings is 18. The molecule has 20 rings (SSSR count). The molecule has 0 fully saturated rings. The molecule has 0 aliphatic heterocycles. The van der Waals surface area contributed by atoms with E-state index in [0.717, 1.165) is 155 Å². The first-order valence-corrected chi connectivity index (χ1v) is 45.4. The standard InChI is InChI=1S/10C9H8N2.10C2H6/c1-7-4-9-5-10-3-2-8(9)6-11-7;1-7-4-8-2-3-10-5-9(8)6-11-7;1-7-2-3-8-6-10-5-4-9(8)11-7;1-7-2-3-8-4-5-10-6-9(8)11-7;1-7-4-5-8-9(11-7)3-2-6-10-8;1-7-4-5-8-3-2-6-10-9(8)11-7;1-7-5-9-8(6-11-7)3-2-4-10-9;1-7-5-8-3-2-4-10-9(8)6-11-7;1-7-5-8-3-2-4-10-9(8)11-6-7;1-7-6-10-8-4-2-3-5-9(8)11-7;10*1-2/h10*2-6H,1H3;10*1-2H3. The van der Waals surface area contributed by atoms with Crippen LogP contribution in [0.3, 0.4) is 0 Å². The van der Waals surface area contributed by atoms with Crippen LogP contribution >= 0.6 is 0 Å². The SMILES string of the molecule is CC.CC.CC.CC.CC.CC.CC.CC.CC.CC.Cc1cc2cccnc2cn1.Cc1cc2ccncc2cn1.Cc1cc2cnccc2cn1.Cc1cc2ncccc2cn1.Cc1ccc2cccnc2n1.Cc1ccc2ccncc2n1.Cc1ccc2cnccc2n1.Cc1ccc2ncccc2n1.Cc1cnc2ccccc2n1.Cc1cnc2ncccc2c1. The Kier molecular flexibility index (Phi) is 61.0. The summed E-state index contributed by atoms with van der Waals surface area (Å²) in [6.07, 6.45) is 34.2. The van der Waals surface area contributed by atoms with Crippen molar-refractivity contribution in [2.45, 2.75) is 208 Å². The minimum Gasteiger partial charge on any atom is -0.264 e. The van der Waals surface area contributed by atoms with Crippen LogP contribution in [0.5, 0.6) is 0 Å². The molecule has 20 heteroatoms. The fourth-order valence-corrected chi connectivity index (χ4v) is 10.7. The molecule has 130 heavy (non-hydrogen) atoms. The van der Waals surface area contributed by atoms with E-state index in [1.807, 2.05) is 421 Å². The lowest BCUT2D eigenvalue weighted by molar-refractivity contribution is 1.18. The van der Waals surface area contributed by atoms with E-state index in [4.69, 9.17) is 0 Å². The summed E-state index contributed by atoms with van der Waals surface area (Å²) in [5.41, 5.74) is 19.8. The lowest BCUT2D eigenvalue weighted by Gasteiger charge is -1.95. The zero-order valence-electron chi connectivity index (χ0n) is 82.8. The van der Waals surface area contributed by atoms with Gasteiger partial charge in [0, 0.05) is 199 Å². The minimum absolute atomic E-state index is 0.818. The van der Waals surface area contributed by atoms with E-state index in [1.165, 1.54) is 10.9 Å². The van der Waals surface area contributed by atoms with Crippen LogP contribution in [0.15, 0.2) is 306 Å². The molecule has 20 nitrogen and oxygen atoms in total. The third kappa shape index (κ3) is 41.8. The van der Waals surface area contributed by atoms with Crippen LogP contribution in [-0.4, -0.2) is 99.7 Å². The highest BCUT2D eigenvalue weighted by atomic mass is 14.8. The van der Waals surface area contributed by atoms with Crippen molar-refractivity contribution in [2.24, 2.45) is 0 Å². The molecule has 19 heterocycles. The van der Waals surface area contributed by atoms with Crippen LogP contribution in [0.1, 0.15) is 195 Å². The maximum atomic E-state index is 4.34. The zero-order valence-corrected chi connectivity index (χ0v) is 82.8. The minimum atomic E-state index is 0.818. The summed E-state index contributed by atoms with van der Waals surface area (Å²) >= 11 is 0. The van der Waals surface area contributed by atoms with Crippen LogP contribution in [0.25, 0.3) is 109 Å². The lowest BCUT2D eigenvalue weighted by atomic mass is 10.2. The third-order valence-corrected chi connectivity index (χ3v) is 16.2. The predicted molar refractivity (Wildman–Crippen MR) is 556 cm³/mol. The Morgan fingerprint density at radius 3 is 1.14 bits per heavy atom. The van der Waals surface area contributed by atoms with Gasteiger partial charge < -0.3 is 0 Å². The van der Waals surface area contributed by atoms with Crippen LogP contribution in [0.4, 0.5) is 0 Å². The molecule has 0 unspecified atom stereocenters. The first kappa shape index (κ1) is 114. The van der Waals surface area contributed by atoms with Crippen LogP contribution in [-0.2, 0) is 0 Å². The Hall–Kier alpha value is -14.4. The third-order valence-electron chi connectivity index (χ3n) is 16.2. The molecule has 0 bridgehead atoms. The fourth-order valence-electron chi connectivity index (χ4n) is 10.7. The van der Waals surface area contributed by atoms with E-state index < -0.39 is 0 Å². The van der Waals surface area contributed by atoms with Gasteiger partial charge in [-0.1, -0.05) is 163 Å². The smallest absolute Gasteiger partial charge is 0.159 e. The van der Waals surface area contributed by atoms with Gasteiger partial charge in [0.15, 0.2) is 11.3 Å². The molecule has 19 aromatic heterocycles. The van der Waals surface area contributed by atoms with E-state index in [1.54, 1.807) is 74.4 Å². The molecular formula is C110H140N20. The van der Waals surface area contributed by atoms with E-state index in [0.29, 0.717) is 0 Å². The molecule has 0 aliphatic carbocycles. The molecule has 0 N–H and O–H groups in total. The molecule has 0 saturated heterocycles. The Bertz CT molecular complexity index is 5110. The van der Waals surface area contributed by atoms with Crippen molar-refractivity contribution >= 4 is 109 Å². The monoisotopic (exact) mass is 1740 g/mol. The molecule has 1 aromatic carbocycles. The number of aromatic nitrogens is 20. The summed E-state index contributed by atoms with van der Waals surface area (Å²) in [7, 11) is 0. The number of para-hydroxylation sites is 2. The van der Waals surface area contributed by atoms with Crippen molar-refractivity contribution in [3.63, 3.8) is 0 Å². The first-order chi connectivity index (χ1) is 63.6. The van der Waals surface area contributed by atoms with Gasteiger partial charge in [0.2, 0.25) is 0 Å². The maximum Gasteiger partial charge on any atom is 0.159 e. The largest absolute Gasteiger partial charge is 0.264 e. The lowest BCUT2D eigenvalue weighted by Crippen LogP contribution is -1.85. The van der Waals surface area contributed by atoms with Crippen molar-refractivity contribution in [1.29, 1.82) is 0 Å². The van der Waals surface area contributed by atoms with Crippen molar-refractivity contribution in [1.82, 2.24) is 99.7 Å². The van der Waals surface area contributed by atoms with E-state index in [-0.39, 0.29) is 0 Å². The topological polar surface area (TPSA) is 258 Å². The highest BCUT2D eigenvalue weighted by Gasteiger charge is 2.01. The Morgan fingerprint density at radius 1 is 0.146 bits per heavy atom. The fraction of sp³-hybridized carbons (Fsp3) is 0.273. The second kappa shape index (κ2) is 69.8. The van der Waals surface area contributed by atoms with Crippen LogP contribution < -0.4 is 0 Å². The van der Waals surface area contributed by atoms with Gasteiger partial charge in [-0.15, -0.1) is 0 Å². The molecule has 0 atom stereocenters. The summed E-state index contributed by atoms with van der Waals surface area (Å²) in [4.78, 5) is 83.4. The van der Waals surface area contributed by atoms with E-state index in [2.05, 4.69) is 118 Å². The molecule has 0 radical (unpaired) electrons. The number of hydrogen-bond acceptors (Lipinski definition) is 20. The Morgan fingerprint density at radius 2 is 0.523 bits per heavy atom. The second-order valence-electron chi connectivity index (χ2n) is 25.2. The summed E-state index contributed by atoms with van der Waals surface area (Å²) in [6, 6.07) is 61.5. The quantitative estimate of drug-likeness (QED) is 0.137. The predicted octanol–water partition coefficient (Wildman–Crippen LogP) is 29.6. The average Bonchev–Trinajstić information content (AvgIpc) is 0.929. The highest BCUT2D eigenvalue weighted by Crippen LogP contribution is 2.17. The Labute approximate surface area is 774 Å². The van der Waals surface area contributed by atoms with Gasteiger partial charge in [-0.25, -0.2) is 24.9 Å². The van der Waals surface area contributed by atoms with Gasteiger partial charge in [0.1, 0.15) is 0 Å². The summed E-state index contributed by atoms with van der Waals surface area (Å²) in [6.45, 7) is 59.8. The van der Waals surface area contributed by atoms with Crippen molar-refractivity contribution in [2.75, 3.05) is 0 Å². The molecule has 0 saturated carbocycles. The van der Waals surface area contributed by atoms with E-state index in [9.17, 15) is 0 Å². The van der Waals surface area contributed by atoms with Gasteiger partial charge in [-0.2, -0.15) is 0 Å². The summed E-state index contributed by atoms with van der Waals surface area (Å²) in [5.74, 6) is 0. The van der Waals surface area contributed by atoms with Gasteiger partial charge >= 0.3 is 0 Å². The molecule has 0 spiro atoms. The number of benzene rings is 1. The number of nitrogens with zero attached hydrogens (tertiary/aromatic N) is 20. The highest BCUT2D eigenvalue weighted by molar-refractivity contribution is 5.83. The number of rotatable bonds is 0. The number of fused-ring (bicyclic) bond motifs is 10. The Balaban J connectivity index is 0.000000706. The number of aryl methyl sites for hydroxylation is 10. The van der Waals surface area contributed by atoms with Crippen molar-refractivity contribution in [3.05, 3.63) is 363 Å². The zero-order chi connectivity index (χ0) is 96.8. The van der Waals surface area contributed by atoms with Crippen LogP contribution in [0.2, 0.25) is 0 Å². The molecule has 680 valence electrons. The summed E-state index contributed by atoms with van der Waals surface area (Å²) < 4.78 is 0. The molecular weight excluding hydrogens is 1600 g/mol. The molecule has 0 aliphatic rings. The van der Waals surface area contributed by atoms with Crippen molar-refractivity contribution < 1.29 is 0 Å². The number of hydrogen-bond donors (Lipinski definition) is 0. The maximum absolute atomic E-state index is 4.34. The molecule has 0 amide bonds. The second-order valence-corrected chi connectivity index (χ2v) is 25.2. The van der Waals surface area contributed by atoms with Gasteiger partial charge in [-0.3, -0.25) is 74.8 Å².